The SMILES string of the molecule is O=C(O)c1ccc(NCc2ccccc2Cl)c(S(=O)(=O)Nc2cccc(C(F)(F)F)c2)c1. The van der Waals surface area contributed by atoms with Gasteiger partial charge in [-0.1, -0.05) is 35.9 Å². The minimum Gasteiger partial charge on any atom is -0.478 e. The Labute approximate surface area is 186 Å². The summed E-state index contributed by atoms with van der Waals surface area (Å²) in [5.41, 5.74) is -0.954. The Morgan fingerprint density at radius 1 is 1.00 bits per heavy atom. The number of alkyl halides is 3. The van der Waals surface area contributed by atoms with Crippen LogP contribution in [0.1, 0.15) is 21.5 Å². The van der Waals surface area contributed by atoms with Crippen molar-refractivity contribution in [2.24, 2.45) is 0 Å². The first-order chi connectivity index (χ1) is 15.0. The molecule has 3 N–H and O–H groups in total. The van der Waals surface area contributed by atoms with Gasteiger partial charge in [-0.05, 0) is 48.0 Å². The zero-order chi connectivity index (χ0) is 23.5. The van der Waals surface area contributed by atoms with Gasteiger partial charge in [-0.3, -0.25) is 4.72 Å². The van der Waals surface area contributed by atoms with E-state index in [-0.39, 0.29) is 23.5 Å². The van der Waals surface area contributed by atoms with E-state index in [0.29, 0.717) is 16.7 Å². The highest BCUT2D eigenvalue weighted by Gasteiger charge is 2.31. The Morgan fingerprint density at radius 3 is 2.38 bits per heavy atom. The summed E-state index contributed by atoms with van der Waals surface area (Å²) in [6.07, 6.45) is -4.66. The van der Waals surface area contributed by atoms with Crippen LogP contribution in [-0.4, -0.2) is 19.5 Å². The second-order valence-corrected chi connectivity index (χ2v) is 8.70. The van der Waals surface area contributed by atoms with Crippen molar-refractivity contribution in [1.29, 1.82) is 0 Å². The molecule has 0 aliphatic heterocycles. The fraction of sp³-hybridized carbons (Fsp3) is 0.0952. The number of nitrogens with one attached hydrogen (secondary N) is 2. The van der Waals surface area contributed by atoms with E-state index in [1.165, 1.54) is 12.1 Å². The first-order valence-corrected chi connectivity index (χ1v) is 10.9. The predicted octanol–water partition coefficient (Wildman–Crippen LogP) is 5.47. The maximum absolute atomic E-state index is 13.0. The number of sulfonamides is 1. The van der Waals surface area contributed by atoms with Crippen LogP contribution in [0.5, 0.6) is 0 Å². The van der Waals surface area contributed by atoms with E-state index >= 15 is 0 Å². The summed E-state index contributed by atoms with van der Waals surface area (Å²) in [7, 11) is -4.45. The van der Waals surface area contributed by atoms with Crippen LogP contribution in [0.4, 0.5) is 24.5 Å². The fourth-order valence-corrected chi connectivity index (χ4v) is 4.29. The van der Waals surface area contributed by atoms with Gasteiger partial charge in [0.05, 0.1) is 16.8 Å². The molecular weight excluding hydrogens is 469 g/mol. The first kappa shape index (κ1) is 23.4. The number of hydrogen-bond donors (Lipinski definition) is 3. The van der Waals surface area contributed by atoms with Crippen molar-refractivity contribution >= 4 is 39.0 Å². The Hall–Kier alpha value is -3.24. The van der Waals surface area contributed by atoms with Gasteiger partial charge in [0, 0.05) is 17.3 Å². The molecule has 0 saturated heterocycles. The van der Waals surface area contributed by atoms with Crippen molar-refractivity contribution in [1.82, 2.24) is 0 Å². The van der Waals surface area contributed by atoms with E-state index in [0.717, 1.165) is 24.3 Å². The number of benzene rings is 3. The number of carbonyl (C=O) groups is 1. The molecule has 0 unspecified atom stereocenters. The van der Waals surface area contributed by atoms with Gasteiger partial charge in [0.15, 0.2) is 0 Å². The van der Waals surface area contributed by atoms with Crippen molar-refractivity contribution < 1.29 is 31.5 Å². The molecule has 0 saturated carbocycles. The summed E-state index contributed by atoms with van der Waals surface area (Å²) >= 11 is 6.11. The monoisotopic (exact) mass is 484 g/mol. The molecule has 0 aliphatic rings. The van der Waals surface area contributed by atoms with E-state index in [2.05, 4.69) is 10.0 Å². The van der Waals surface area contributed by atoms with Crippen LogP contribution in [0.2, 0.25) is 5.02 Å². The summed E-state index contributed by atoms with van der Waals surface area (Å²) < 4.78 is 66.9. The van der Waals surface area contributed by atoms with Gasteiger partial charge >= 0.3 is 12.1 Å². The zero-order valence-electron chi connectivity index (χ0n) is 16.2. The number of carboxylic acid groups (broad SMARTS) is 1. The number of anilines is 2. The van der Waals surface area contributed by atoms with Gasteiger partial charge in [-0.15, -0.1) is 0 Å². The molecule has 32 heavy (non-hydrogen) atoms. The van der Waals surface area contributed by atoms with Crippen molar-refractivity contribution in [3.05, 3.63) is 88.4 Å². The maximum atomic E-state index is 13.0. The minimum absolute atomic E-state index is 0.0504. The average Bonchev–Trinajstić information content (AvgIpc) is 2.72. The summed E-state index contributed by atoms with van der Waals surface area (Å²) in [5, 5.41) is 12.6. The number of halogens is 4. The molecule has 0 heterocycles. The zero-order valence-corrected chi connectivity index (χ0v) is 17.7. The number of aromatic carboxylic acids is 1. The van der Waals surface area contributed by atoms with Gasteiger partial charge in [-0.2, -0.15) is 13.2 Å². The van der Waals surface area contributed by atoms with E-state index < -0.39 is 32.6 Å². The van der Waals surface area contributed by atoms with Crippen molar-refractivity contribution in [3.8, 4) is 0 Å². The van der Waals surface area contributed by atoms with Crippen LogP contribution in [0.3, 0.4) is 0 Å². The Balaban J connectivity index is 1.97. The van der Waals surface area contributed by atoms with E-state index in [1.807, 2.05) is 0 Å². The lowest BCUT2D eigenvalue weighted by Gasteiger charge is -2.16. The third-order valence-corrected chi connectivity index (χ3v) is 6.18. The molecule has 168 valence electrons. The van der Waals surface area contributed by atoms with Crippen LogP contribution in [0.15, 0.2) is 71.6 Å². The van der Waals surface area contributed by atoms with Crippen LogP contribution >= 0.6 is 11.6 Å². The van der Waals surface area contributed by atoms with Crippen molar-refractivity contribution in [3.63, 3.8) is 0 Å². The molecule has 3 aromatic rings. The summed E-state index contributed by atoms with van der Waals surface area (Å²) in [5.74, 6) is -1.36. The normalized spacial score (nSPS) is 11.8. The van der Waals surface area contributed by atoms with Crippen LogP contribution < -0.4 is 10.0 Å². The predicted molar refractivity (Wildman–Crippen MR) is 114 cm³/mol. The first-order valence-electron chi connectivity index (χ1n) is 9.02. The molecule has 0 atom stereocenters. The maximum Gasteiger partial charge on any atom is 0.416 e. The van der Waals surface area contributed by atoms with Gasteiger partial charge in [0.1, 0.15) is 4.90 Å². The quantitative estimate of drug-likeness (QED) is 0.413. The van der Waals surface area contributed by atoms with Gasteiger partial charge < -0.3 is 10.4 Å². The molecule has 3 aromatic carbocycles. The topological polar surface area (TPSA) is 95.5 Å². The lowest BCUT2D eigenvalue weighted by Crippen LogP contribution is -2.17. The fourth-order valence-electron chi connectivity index (χ4n) is 2.83. The molecule has 11 heteroatoms. The third kappa shape index (κ3) is 5.51. The Kier molecular flexibility index (Phi) is 6.65. The van der Waals surface area contributed by atoms with Crippen LogP contribution in [0.25, 0.3) is 0 Å². The number of hydrogen-bond acceptors (Lipinski definition) is 4. The van der Waals surface area contributed by atoms with Crippen molar-refractivity contribution in [2.75, 3.05) is 10.0 Å². The molecule has 6 nitrogen and oxygen atoms in total. The van der Waals surface area contributed by atoms with E-state index in [1.54, 1.807) is 24.3 Å². The summed E-state index contributed by atoms with van der Waals surface area (Å²) in [6.45, 7) is 0.123. The number of carboxylic acids is 1. The standard InChI is InChI=1S/C21H16ClF3N2O4S/c22-17-7-2-1-4-14(17)12-26-18-9-8-13(20(28)29)10-19(18)32(30,31)27-16-6-3-5-15(11-16)21(23,24)25/h1-11,26-27H,12H2,(H,28,29). The minimum atomic E-state index is -4.66. The highest BCUT2D eigenvalue weighted by Crippen LogP contribution is 2.32. The molecular formula is C21H16ClF3N2O4S. The molecule has 0 amide bonds. The highest BCUT2D eigenvalue weighted by molar-refractivity contribution is 7.92. The van der Waals surface area contributed by atoms with Crippen molar-refractivity contribution in [2.45, 2.75) is 17.6 Å². The molecule has 0 radical (unpaired) electrons. The van der Waals surface area contributed by atoms with E-state index in [4.69, 9.17) is 11.6 Å². The molecule has 0 spiro atoms. The van der Waals surface area contributed by atoms with Crippen LogP contribution in [-0.2, 0) is 22.7 Å². The lowest BCUT2D eigenvalue weighted by atomic mass is 10.2. The van der Waals surface area contributed by atoms with Gasteiger partial charge in [0.25, 0.3) is 10.0 Å². The molecule has 0 fully saturated rings. The third-order valence-electron chi connectivity index (χ3n) is 4.39. The van der Waals surface area contributed by atoms with E-state index in [9.17, 15) is 31.5 Å². The Morgan fingerprint density at radius 2 is 1.72 bits per heavy atom. The Bertz CT molecular complexity index is 1260. The second-order valence-electron chi connectivity index (χ2n) is 6.65. The smallest absolute Gasteiger partial charge is 0.416 e. The molecule has 0 aliphatic carbocycles. The largest absolute Gasteiger partial charge is 0.478 e. The molecule has 0 bridgehead atoms. The average molecular weight is 485 g/mol. The molecule has 0 aromatic heterocycles. The lowest BCUT2D eigenvalue weighted by molar-refractivity contribution is -0.137. The van der Waals surface area contributed by atoms with Gasteiger partial charge in [0.2, 0.25) is 0 Å². The highest BCUT2D eigenvalue weighted by atomic mass is 35.5. The second kappa shape index (κ2) is 9.09. The molecule has 3 rings (SSSR count). The number of rotatable bonds is 7. The summed E-state index contributed by atoms with van der Waals surface area (Å²) in [4.78, 5) is 10.9. The summed E-state index contributed by atoms with van der Waals surface area (Å²) in [6, 6.07) is 13.9. The van der Waals surface area contributed by atoms with Gasteiger partial charge in [-0.25, -0.2) is 13.2 Å². The van der Waals surface area contributed by atoms with Crippen LogP contribution in [0, 0.1) is 0 Å².